The Morgan fingerprint density at radius 3 is 2.62 bits per heavy atom. The molecule has 0 radical (unpaired) electrons. The Labute approximate surface area is 173 Å². The fourth-order valence-electron chi connectivity index (χ4n) is 2.94. The second-order valence-electron chi connectivity index (χ2n) is 6.73. The summed E-state index contributed by atoms with van der Waals surface area (Å²) in [5.41, 5.74) is 3.93. The van der Waals surface area contributed by atoms with E-state index in [4.69, 9.17) is 4.74 Å². The highest BCUT2D eigenvalue weighted by Gasteiger charge is 2.10. The predicted octanol–water partition coefficient (Wildman–Crippen LogP) is 6.01. The molecular formula is C23H22FN3OS. The Bertz CT molecular complexity index is 1080. The molecule has 0 atom stereocenters. The van der Waals surface area contributed by atoms with E-state index in [0.29, 0.717) is 0 Å². The van der Waals surface area contributed by atoms with Crippen molar-refractivity contribution in [2.75, 3.05) is 6.61 Å². The van der Waals surface area contributed by atoms with Gasteiger partial charge in [-0.1, -0.05) is 37.2 Å². The Hall–Kier alpha value is -2.86. The summed E-state index contributed by atoms with van der Waals surface area (Å²) in [6.45, 7) is 2.89. The van der Waals surface area contributed by atoms with E-state index in [-0.39, 0.29) is 5.82 Å². The van der Waals surface area contributed by atoms with Gasteiger partial charge in [-0.25, -0.2) is 13.9 Å². The highest BCUT2D eigenvalue weighted by atomic mass is 32.2. The number of ether oxygens (including phenoxy) is 1. The van der Waals surface area contributed by atoms with Crippen molar-refractivity contribution >= 4 is 17.3 Å². The molecule has 0 aliphatic carbocycles. The van der Waals surface area contributed by atoms with E-state index in [2.05, 4.69) is 17.0 Å². The van der Waals surface area contributed by atoms with Gasteiger partial charge in [-0.05, 0) is 54.4 Å². The molecule has 4 nitrogen and oxygen atoms in total. The van der Waals surface area contributed by atoms with Crippen LogP contribution in [-0.2, 0) is 5.75 Å². The highest BCUT2D eigenvalue weighted by molar-refractivity contribution is 7.98. The second-order valence-corrected chi connectivity index (χ2v) is 7.70. The summed E-state index contributed by atoms with van der Waals surface area (Å²) in [6.07, 6.45) is 5.78. The number of hydrogen-bond acceptors (Lipinski definition) is 4. The molecule has 2 aromatic carbocycles. The third-order valence-electron chi connectivity index (χ3n) is 4.56. The fraction of sp³-hybridized carbons (Fsp3) is 0.217. The highest BCUT2D eigenvalue weighted by Crippen LogP contribution is 2.29. The van der Waals surface area contributed by atoms with Crippen molar-refractivity contribution in [2.45, 2.75) is 30.5 Å². The summed E-state index contributed by atoms with van der Waals surface area (Å²) in [7, 11) is 0. The van der Waals surface area contributed by atoms with Gasteiger partial charge in [0.2, 0.25) is 0 Å². The van der Waals surface area contributed by atoms with Crippen molar-refractivity contribution in [1.29, 1.82) is 0 Å². The van der Waals surface area contributed by atoms with Gasteiger partial charge < -0.3 is 4.74 Å². The summed E-state index contributed by atoms with van der Waals surface area (Å²) in [4.78, 5) is 4.51. The van der Waals surface area contributed by atoms with Gasteiger partial charge in [0.05, 0.1) is 17.8 Å². The molecule has 0 spiro atoms. The molecule has 0 saturated carbocycles. The molecule has 0 aliphatic rings. The van der Waals surface area contributed by atoms with Crippen LogP contribution in [0.4, 0.5) is 4.39 Å². The molecule has 0 aliphatic heterocycles. The van der Waals surface area contributed by atoms with Crippen LogP contribution in [0.25, 0.3) is 16.8 Å². The van der Waals surface area contributed by atoms with E-state index in [9.17, 15) is 4.39 Å². The lowest BCUT2D eigenvalue weighted by Crippen LogP contribution is -1.96. The third-order valence-corrected chi connectivity index (χ3v) is 5.63. The molecule has 148 valence electrons. The van der Waals surface area contributed by atoms with Crippen molar-refractivity contribution in [3.63, 3.8) is 0 Å². The van der Waals surface area contributed by atoms with Crippen LogP contribution in [0.5, 0.6) is 5.75 Å². The van der Waals surface area contributed by atoms with Crippen LogP contribution in [0, 0.1) is 5.82 Å². The zero-order chi connectivity index (χ0) is 20.1. The lowest BCUT2D eigenvalue weighted by Gasteiger charge is -2.05. The van der Waals surface area contributed by atoms with Crippen LogP contribution in [0.15, 0.2) is 72.0 Å². The maximum Gasteiger partial charge on any atom is 0.123 e. The number of unbranched alkanes of at least 4 members (excludes halogenated alkanes) is 1. The van der Waals surface area contributed by atoms with Crippen LogP contribution >= 0.6 is 11.8 Å². The third kappa shape index (κ3) is 4.77. The van der Waals surface area contributed by atoms with Crippen LogP contribution in [0.2, 0.25) is 0 Å². The quantitative estimate of drug-likeness (QED) is 0.265. The van der Waals surface area contributed by atoms with Crippen molar-refractivity contribution in [2.24, 2.45) is 0 Å². The topological polar surface area (TPSA) is 39.4 Å². The Morgan fingerprint density at radius 1 is 1.07 bits per heavy atom. The molecule has 2 aromatic heterocycles. The SMILES string of the molecule is CCCCOc1ccc(-c2cc3c(SCc4ccc(F)cc4)nccn3n2)cc1. The predicted molar refractivity (Wildman–Crippen MR) is 115 cm³/mol. The molecule has 0 bridgehead atoms. The van der Waals surface area contributed by atoms with Crippen LogP contribution in [0.1, 0.15) is 25.3 Å². The van der Waals surface area contributed by atoms with Gasteiger partial charge in [0, 0.05) is 23.7 Å². The summed E-state index contributed by atoms with van der Waals surface area (Å²) >= 11 is 1.62. The number of rotatable bonds is 8. The van der Waals surface area contributed by atoms with Crippen LogP contribution in [-0.4, -0.2) is 21.2 Å². The second kappa shape index (κ2) is 9.09. The Balaban J connectivity index is 1.51. The smallest absolute Gasteiger partial charge is 0.123 e. The summed E-state index contributed by atoms with van der Waals surface area (Å²) in [6, 6.07) is 16.6. The van der Waals surface area contributed by atoms with E-state index < -0.39 is 0 Å². The van der Waals surface area contributed by atoms with Gasteiger partial charge in [-0.2, -0.15) is 5.10 Å². The average molecular weight is 408 g/mol. The molecule has 0 N–H and O–H groups in total. The van der Waals surface area contributed by atoms with E-state index in [0.717, 1.165) is 58.3 Å². The van der Waals surface area contributed by atoms with E-state index in [1.165, 1.54) is 12.1 Å². The molecule has 0 fully saturated rings. The number of halogens is 1. The number of aromatic nitrogens is 3. The molecule has 0 unspecified atom stereocenters. The molecule has 2 heterocycles. The fourth-order valence-corrected chi connectivity index (χ4v) is 3.87. The lowest BCUT2D eigenvalue weighted by molar-refractivity contribution is 0.309. The largest absolute Gasteiger partial charge is 0.494 e. The average Bonchev–Trinajstić information content (AvgIpc) is 3.19. The number of thioether (sulfide) groups is 1. The number of benzene rings is 2. The maximum absolute atomic E-state index is 13.1. The first-order chi connectivity index (χ1) is 14.2. The van der Waals surface area contributed by atoms with Crippen molar-refractivity contribution < 1.29 is 9.13 Å². The molecule has 4 rings (SSSR count). The number of hydrogen-bond donors (Lipinski definition) is 0. The minimum Gasteiger partial charge on any atom is -0.494 e. The summed E-state index contributed by atoms with van der Waals surface area (Å²) in [5, 5.41) is 5.59. The van der Waals surface area contributed by atoms with Crippen molar-refractivity contribution in [3.05, 3.63) is 78.4 Å². The van der Waals surface area contributed by atoms with E-state index >= 15 is 0 Å². The van der Waals surface area contributed by atoms with Gasteiger partial charge in [0.15, 0.2) is 0 Å². The number of nitrogens with zero attached hydrogens (tertiary/aromatic N) is 3. The standard InChI is InChI=1S/C23H22FN3OS/c1-2-3-14-28-20-10-6-18(7-11-20)21-15-22-23(25-12-13-27(22)26-21)29-16-17-4-8-19(24)9-5-17/h4-13,15H,2-3,14,16H2,1H3. The van der Waals surface area contributed by atoms with Crippen LogP contribution < -0.4 is 4.74 Å². The molecule has 0 amide bonds. The first-order valence-corrected chi connectivity index (χ1v) is 10.7. The molecule has 4 aromatic rings. The monoisotopic (exact) mass is 407 g/mol. The van der Waals surface area contributed by atoms with Gasteiger partial charge in [0.25, 0.3) is 0 Å². The molecule has 6 heteroatoms. The normalized spacial score (nSPS) is 11.1. The Kier molecular flexibility index (Phi) is 6.10. The van der Waals surface area contributed by atoms with E-state index in [1.807, 2.05) is 41.0 Å². The molecule has 29 heavy (non-hydrogen) atoms. The van der Waals surface area contributed by atoms with Crippen molar-refractivity contribution in [1.82, 2.24) is 14.6 Å². The first-order valence-electron chi connectivity index (χ1n) is 9.68. The first kappa shape index (κ1) is 19.5. The zero-order valence-corrected chi connectivity index (χ0v) is 17.0. The number of fused-ring (bicyclic) bond motifs is 1. The Morgan fingerprint density at radius 2 is 1.86 bits per heavy atom. The molecular weight excluding hydrogens is 385 g/mol. The van der Waals surface area contributed by atoms with Gasteiger partial charge >= 0.3 is 0 Å². The van der Waals surface area contributed by atoms with Gasteiger partial charge in [0.1, 0.15) is 16.6 Å². The van der Waals surface area contributed by atoms with Gasteiger partial charge in [-0.3, -0.25) is 0 Å². The lowest BCUT2D eigenvalue weighted by atomic mass is 10.1. The maximum atomic E-state index is 13.1. The molecule has 0 saturated heterocycles. The summed E-state index contributed by atoms with van der Waals surface area (Å²) in [5.74, 6) is 1.38. The zero-order valence-electron chi connectivity index (χ0n) is 16.2. The van der Waals surface area contributed by atoms with Gasteiger partial charge in [-0.15, -0.1) is 0 Å². The minimum atomic E-state index is -0.221. The van der Waals surface area contributed by atoms with Crippen LogP contribution in [0.3, 0.4) is 0 Å². The minimum absolute atomic E-state index is 0.221. The van der Waals surface area contributed by atoms with E-state index in [1.54, 1.807) is 30.1 Å². The summed E-state index contributed by atoms with van der Waals surface area (Å²) < 4.78 is 20.7. The van der Waals surface area contributed by atoms with Crippen molar-refractivity contribution in [3.8, 4) is 17.0 Å².